The molecule has 5 aromatic carbocycles. The van der Waals surface area contributed by atoms with Gasteiger partial charge in [-0.2, -0.15) is 0 Å². The van der Waals surface area contributed by atoms with Gasteiger partial charge in [-0.25, -0.2) is 0 Å². The summed E-state index contributed by atoms with van der Waals surface area (Å²) in [5.41, 5.74) is 7.28. The van der Waals surface area contributed by atoms with E-state index in [9.17, 15) is 0 Å². The molecule has 0 aromatic heterocycles. The molecule has 144 valence electrons. The Bertz CT molecular complexity index is 1250. The highest BCUT2D eigenvalue weighted by molar-refractivity contribution is 6.01. The molecule has 5 aromatic rings. The standard InChI is InChI=1S/C29H22O/c1-30-29-17-16-26(27-14-8-9-15-28(27)29)25-19-23(21-10-4-2-5-11-21)18-24(20-25)22-12-6-3-7-13-22/h2-20H,1H3. The molecule has 30 heavy (non-hydrogen) atoms. The first kappa shape index (κ1) is 18.2. The van der Waals surface area contributed by atoms with Gasteiger partial charge in [0.1, 0.15) is 5.75 Å². The predicted octanol–water partition coefficient (Wildman–Crippen LogP) is 7.85. The zero-order valence-electron chi connectivity index (χ0n) is 16.9. The largest absolute Gasteiger partial charge is 0.496 e. The van der Waals surface area contributed by atoms with Crippen molar-refractivity contribution >= 4 is 10.8 Å². The molecule has 0 saturated heterocycles. The molecule has 0 radical (unpaired) electrons. The molecule has 0 atom stereocenters. The van der Waals surface area contributed by atoms with Crippen molar-refractivity contribution in [2.45, 2.75) is 0 Å². The third-order valence-corrected chi connectivity index (χ3v) is 5.56. The number of methoxy groups -OCH3 is 1. The van der Waals surface area contributed by atoms with Crippen molar-refractivity contribution in [2.75, 3.05) is 7.11 Å². The van der Waals surface area contributed by atoms with Gasteiger partial charge in [0.25, 0.3) is 0 Å². The first-order valence-corrected chi connectivity index (χ1v) is 10.2. The average Bonchev–Trinajstić information content (AvgIpc) is 2.84. The Balaban J connectivity index is 1.78. The van der Waals surface area contributed by atoms with Gasteiger partial charge in [0.15, 0.2) is 0 Å². The lowest BCUT2D eigenvalue weighted by molar-refractivity contribution is 0.420. The van der Waals surface area contributed by atoms with Gasteiger partial charge in [-0.3, -0.25) is 0 Å². The van der Waals surface area contributed by atoms with E-state index in [0.29, 0.717) is 0 Å². The maximum absolute atomic E-state index is 5.60. The molecule has 0 bridgehead atoms. The zero-order chi connectivity index (χ0) is 20.3. The van der Waals surface area contributed by atoms with Crippen molar-refractivity contribution in [1.82, 2.24) is 0 Å². The maximum Gasteiger partial charge on any atom is 0.126 e. The first-order chi connectivity index (χ1) is 14.8. The minimum Gasteiger partial charge on any atom is -0.496 e. The van der Waals surface area contributed by atoms with Crippen LogP contribution in [0.25, 0.3) is 44.2 Å². The highest BCUT2D eigenvalue weighted by atomic mass is 16.5. The van der Waals surface area contributed by atoms with Crippen molar-refractivity contribution in [2.24, 2.45) is 0 Å². The Hall–Kier alpha value is -3.84. The molecule has 0 spiro atoms. The summed E-state index contributed by atoms with van der Waals surface area (Å²) < 4.78 is 5.60. The summed E-state index contributed by atoms with van der Waals surface area (Å²) >= 11 is 0. The first-order valence-electron chi connectivity index (χ1n) is 10.2. The van der Waals surface area contributed by atoms with E-state index < -0.39 is 0 Å². The van der Waals surface area contributed by atoms with Crippen LogP contribution in [-0.2, 0) is 0 Å². The van der Waals surface area contributed by atoms with Gasteiger partial charge >= 0.3 is 0 Å². The van der Waals surface area contributed by atoms with E-state index in [1.54, 1.807) is 7.11 Å². The van der Waals surface area contributed by atoms with Crippen molar-refractivity contribution in [1.29, 1.82) is 0 Å². The monoisotopic (exact) mass is 386 g/mol. The average molecular weight is 386 g/mol. The van der Waals surface area contributed by atoms with E-state index in [1.807, 2.05) is 0 Å². The summed E-state index contributed by atoms with van der Waals surface area (Å²) in [6, 6.07) is 40.7. The SMILES string of the molecule is COc1ccc(-c2cc(-c3ccccc3)cc(-c3ccccc3)c2)c2ccccc12. The van der Waals surface area contributed by atoms with E-state index >= 15 is 0 Å². The Kier molecular flexibility index (Phi) is 4.78. The Morgan fingerprint density at radius 1 is 0.433 bits per heavy atom. The molecule has 0 aliphatic rings. The highest BCUT2D eigenvalue weighted by Crippen LogP contribution is 2.38. The topological polar surface area (TPSA) is 9.23 Å². The van der Waals surface area contributed by atoms with Crippen LogP contribution in [0.1, 0.15) is 0 Å². The molecule has 0 aliphatic heterocycles. The third kappa shape index (κ3) is 3.35. The second-order valence-corrected chi connectivity index (χ2v) is 7.39. The number of rotatable bonds is 4. The van der Waals surface area contributed by atoms with Crippen LogP contribution in [0.15, 0.2) is 115 Å². The van der Waals surface area contributed by atoms with Crippen molar-refractivity contribution < 1.29 is 4.74 Å². The van der Waals surface area contributed by atoms with Gasteiger partial charge < -0.3 is 4.74 Å². The van der Waals surface area contributed by atoms with E-state index in [4.69, 9.17) is 4.74 Å². The number of hydrogen-bond donors (Lipinski definition) is 0. The Labute approximate surface area is 177 Å². The molecule has 0 N–H and O–H groups in total. The van der Waals surface area contributed by atoms with E-state index in [2.05, 4.69) is 115 Å². The van der Waals surface area contributed by atoms with E-state index in [1.165, 1.54) is 38.8 Å². The molecule has 0 aliphatic carbocycles. The third-order valence-electron chi connectivity index (χ3n) is 5.56. The normalized spacial score (nSPS) is 10.8. The van der Waals surface area contributed by atoms with Crippen LogP contribution >= 0.6 is 0 Å². The fourth-order valence-corrected chi connectivity index (χ4v) is 4.08. The molecule has 0 heterocycles. The minimum atomic E-state index is 0.900. The fraction of sp³-hybridized carbons (Fsp3) is 0.0345. The summed E-state index contributed by atoms with van der Waals surface area (Å²) in [6.07, 6.45) is 0. The lowest BCUT2D eigenvalue weighted by Crippen LogP contribution is -1.89. The summed E-state index contributed by atoms with van der Waals surface area (Å²) in [5.74, 6) is 0.900. The summed E-state index contributed by atoms with van der Waals surface area (Å²) in [7, 11) is 1.73. The van der Waals surface area contributed by atoms with Crippen LogP contribution in [0.3, 0.4) is 0 Å². The molecule has 0 unspecified atom stereocenters. The molecule has 1 heteroatoms. The lowest BCUT2D eigenvalue weighted by atomic mass is 9.91. The molecule has 1 nitrogen and oxygen atoms in total. The second kappa shape index (κ2) is 7.88. The molecular formula is C29H22O. The van der Waals surface area contributed by atoms with Gasteiger partial charge in [0.2, 0.25) is 0 Å². The molecule has 5 rings (SSSR count). The Morgan fingerprint density at radius 3 is 1.50 bits per heavy atom. The number of hydrogen-bond acceptors (Lipinski definition) is 1. The van der Waals surface area contributed by atoms with Gasteiger partial charge in [-0.15, -0.1) is 0 Å². The minimum absolute atomic E-state index is 0.900. The highest BCUT2D eigenvalue weighted by Gasteiger charge is 2.11. The van der Waals surface area contributed by atoms with Crippen molar-refractivity contribution in [3.8, 4) is 39.1 Å². The predicted molar refractivity (Wildman–Crippen MR) is 127 cm³/mol. The molecule has 0 fully saturated rings. The fourth-order valence-electron chi connectivity index (χ4n) is 4.08. The lowest BCUT2D eigenvalue weighted by Gasteiger charge is -2.14. The molecule has 0 saturated carbocycles. The van der Waals surface area contributed by atoms with E-state index in [-0.39, 0.29) is 0 Å². The van der Waals surface area contributed by atoms with E-state index in [0.717, 1.165) is 11.1 Å². The smallest absolute Gasteiger partial charge is 0.126 e. The number of fused-ring (bicyclic) bond motifs is 1. The van der Waals surface area contributed by atoms with Gasteiger partial charge in [0.05, 0.1) is 7.11 Å². The second-order valence-electron chi connectivity index (χ2n) is 7.39. The number of ether oxygens (including phenoxy) is 1. The number of benzene rings is 5. The summed E-state index contributed by atoms with van der Waals surface area (Å²) in [5, 5.41) is 2.32. The maximum atomic E-state index is 5.60. The van der Waals surface area contributed by atoms with Gasteiger partial charge in [0, 0.05) is 5.39 Å². The van der Waals surface area contributed by atoms with Crippen molar-refractivity contribution in [3.05, 3.63) is 115 Å². The quantitative estimate of drug-likeness (QED) is 0.305. The van der Waals surface area contributed by atoms with Crippen molar-refractivity contribution in [3.63, 3.8) is 0 Å². The van der Waals surface area contributed by atoms with Crippen LogP contribution in [0.4, 0.5) is 0 Å². The molecular weight excluding hydrogens is 364 g/mol. The Morgan fingerprint density at radius 2 is 0.933 bits per heavy atom. The summed E-state index contributed by atoms with van der Waals surface area (Å²) in [6.45, 7) is 0. The summed E-state index contributed by atoms with van der Waals surface area (Å²) in [4.78, 5) is 0. The van der Waals surface area contributed by atoms with Gasteiger partial charge in [-0.1, -0.05) is 91.0 Å². The van der Waals surface area contributed by atoms with Crippen LogP contribution in [0.5, 0.6) is 5.75 Å². The van der Waals surface area contributed by atoms with Gasteiger partial charge in [-0.05, 0) is 63.0 Å². The van der Waals surface area contributed by atoms with Crippen LogP contribution in [0, 0.1) is 0 Å². The van der Waals surface area contributed by atoms with Crippen LogP contribution < -0.4 is 4.74 Å². The molecule has 0 amide bonds. The zero-order valence-corrected chi connectivity index (χ0v) is 16.9. The van der Waals surface area contributed by atoms with Crippen LogP contribution in [-0.4, -0.2) is 7.11 Å². The van der Waals surface area contributed by atoms with Crippen LogP contribution in [0.2, 0.25) is 0 Å².